The fourth-order valence-electron chi connectivity index (χ4n) is 1.13. The van der Waals surface area contributed by atoms with Crippen LogP contribution in [0, 0.1) is 0 Å². The summed E-state index contributed by atoms with van der Waals surface area (Å²) in [5, 5.41) is 0. The molecule has 0 bridgehead atoms. The lowest BCUT2D eigenvalue weighted by Crippen LogP contribution is -2.42. The van der Waals surface area contributed by atoms with E-state index in [0.29, 0.717) is 19.1 Å². The first-order valence-corrected chi connectivity index (χ1v) is 7.82. The molecule has 0 radical (unpaired) electrons. The Labute approximate surface area is 106 Å². The summed E-state index contributed by atoms with van der Waals surface area (Å²) in [5.74, 6) is -0.264. The van der Waals surface area contributed by atoms with Gasteiger partial charge in [0, 0.05) is 27.4 Å². The van der Waals surface area contributed by atoms with Crippen molar-refractivity contribution >= 4 is 30.7 Å². The summed E-state index contributed by atoms with van der Waals surface area (Å²) in [5.41, 5.74) is 0. The maximum atomic E-state index is 11.1. The van der Waals surface area contributed by atoms with Gasteiger partial charge in [-0.2, -0.15) is 0 Å². The lowest BCUT2D eigenvalue weighted by Gasteiger charge is -2.24. The van der Waals surface area contributed by atoms with Gasteiger partial charge in [-0.1, -0.05) is 15.9 Å². The van der Waals surface area contributed by atoms with Gasteiger partial charge in [-0.25, -0.2) is 0 Å². The predicted octanol–water partition coefficient (Wildman–Crippen LogP) is 1.58. The minimum absolute atomic E-state index is 0.264. The molecular weight excluding hydrogens is 296 g/mol. The monoisotopic (exact) mass is 314 g/mol. The number of carbonyl (C=O) groups is 1. The topological polar surface area (TPSA) is 54.0 Å². The van der Waals surface area contributed by atoms with Crippen molar-refractivity contribution < 1.29 is 22.8 Å². The molecule has 0 aliphatic heterocycles. The first-order valence-electron chi connectivity index (χ1n) is 4.97. The summed E-state index contributed by atoms with van der Waals surface area (Å²) in [6.45, 7) is 2.07. The molecule has 7 heteroatoms. The van der Waals surface area contributed by atoms with E-state index >= 15 is 0 Å². The Bertz CT molecular complexity index is 200. The molecule has 0 saturated carbocycles. The molecule has 0 aromatic heterocycles. The first-order chi connectivity index (χ1) is 7.51. The van der Waals surface area contributed by atoms with Crippen LogP contribution in [0.2, 0.25) is 6.04 Å². The molecule has 0 fully saturated rings. The van der Waals surface area contributed by atoms with Gasteiger partial charge in [0.25, 0.3) is 0 Å². The highest BCUT2D eigenvalue weighted by atomic mass is 79.9. The highest BCUT2D eigenvalue weighted by Gasteiger charge is 2.37. The molecule has 16 heavy (non-hydrogen) atoms. The average Bonchev–Trinajstić information content (AvgIpc) is 2.30. The second-order valence-electron chi connectivity index (χ2n) is 3.18. The summed E-state index contributed by atoms with van der Waals surface area (Å²) < 4.78 is 20.7. The van der Waals surface area contributed by atoms with Crippen LogP contribution in [0.25, 0.3) is 0 Å². The quantitative estimate of drug-likeness (QED) is 0.295. The van der Waals surface area contributed by atoms with Gasteiger partial charge in [-0.15, -0.1) is 0 Å². The summed E-state index contributed by atoms with van der Waals surface area (Å²) in [6, 6.07) is 0.625. The third-order valence-electron chi connectivity index (χ3n) is 2.13. The van der Waals surface area contributed by atoms with Gasteiger partial charge < -0.3 is 18.0 Å². The van der Waals surface area contributed by atoms with Crippen LogP contribution in [0.3, 0.4) is 0 Å². The molecular formula is C9H19BrO5Si. The standard InChI is InChI=1S/C9H19BrO5Si/c1-8(10)9(11)15-6-5-7-16(12-2,13-3)14-4/h8H,5-7H2,1-4H3. The Morgan fingerprint density at radius 3 is 2.12 bits per heavy atom. The molecule has 0 aromatic carbocycles. The number of esters is 1. The molecule has 0 aromatic rings. The Hall–Kier alpha value is 0.0469. The third kappa shape index (κ3) is 5.40. The van der Waals surface area contributed by atoms with E-state index < -0.39 is 8.80 Å². The first kappa shape index (κ1) is 16.0. The van der Waals surface area contributed by atoms with E-state index in [1.54, 1.807) is 28.3 Å². The van der Waals surface area contributed by atoms with Crippen molar-refractivity contribution in [2.75, 3.05) is 27.9 Å². The molecule has 0 spiro atoms. The van der Waals surface area contributed by atoms with Gasteiger partial charge in [0.2, 0.25) is 0 Å². The second-order valence-corrected chi connectivity index (χ2v) is 7.65. The summed E-state index contributed by atoms with van der Waals surface area (Å²) >= 11 is 3.13. The number of halogens is 1. The second kappa shape index (κ2) is 8.18. The van der Waals surface area contributed by atoms with Crippen molar-refractivity contribution in [1.29, 1.82) is 0 Å². The van der Waals surface area contributed by atoms with Crippen LogP contribution < -0.4 is 0 Å². The van der Waals surface area contributed by atoms with Gasteiger partial charge in [0.05, 0.1) is 6.61 Å². The van der Waals surface area contributed by atoms with Crippen LogP contribution in [0.1, 0.15) is 13.3 Å². The zero-order valence-corrected chi connectivity index (χ0v) is 12.7. The molecule has 0 aliphatic rings. The Balaban J connectivity index is 3.83. The highest BCUT2D eigenvalue weighted by Crippen LogP contribution is 2.15. The maximum Gasteiger partial charge on any atom is 0.500 e. The van der Waals surface area contributed by atoms with Crippen molar-refractivity contribution in [3.63, 3.8) is 0 Å². The summed E-state index contributed by atoms with van der Waals surface area (Å²) in [7, 11) is 2.16. The van der Waals surface area contributed by atoms with Gasteiger partial charge in [-0.05, 0) is 13.3 Å². The van der Waals surface area contributed by atoms with Crippen LogP contribution in [-0.2, 0) is 22.8 Å². The lowest BCUT2D eigenvalue weighted by molar-refractivity contribution is -0.142. The van der Waals surface area contributed by atoms with E-state index in [0.717, 1.165) is 0 Å². The van der Waals surface area contributed by atoms with Crippen LogP contribution >= 0.6 is 15.9 Å². The number of hydrogen-bond donors (Lipinski definition) is 0. The van der Waals surface area contributed by atoms with E-state index in [1.165, 1.54) is 0 Å². The summed E-state index contributed by atoms with van der Waals surface area (Å²) in [4.78, 5) is 10.8. The van der Waals surface area contributed by atoms with Crippen LogP contribution in [0.5, 0.6) is 0 Å². The molecule has 0 N–H and O–H groups in total. The minimum atomic E-state index is -2.52. The molecule has 0 saturated heterocycles. The molecule has 1 atom stereocenters. The molecule has 0 aliphatic carbocycles. The number of alkyl halides is 1. The number of rotatable bonds is 8. The Morgan fingerprint density at radius 1 is 1.25 bits per heavy atom. The predicted molar refractivity (Wildman–Crippen MR) is 65.6 cm³/mol. The SMILES string of the molecule is CO[Si](CCCOC(=O)C(C)Br)(OC)OC. The Kier molecular flexibility index (Phi) is 8.21. The number of hydrogen-bond acceptors (Lipinski definition) is 5. The molecule has 0 rings (SSSR count). The van der Waals surface area contributed by atoms with Crippen molar-refractivity contribution in [2.45, 2.75) is 24.2 Å². The van der Waals surface area contributed by atoms with Gasteiger partial charge >= 0.3 is 14.8 Å². The molecule has 0 amide bonds. The van der Waals surface area contributed by atoms with Gasteiger partial charge in [0.1, 0.15) is 4.83 Å². The van der Waals surface area contributed by atoms with Crippen molar-refractivity contribution in [1.82, 2.24) is 0 Å². The van der Waals surface area contributed by atoms with E-state index in [1.807, 2.05) is 0 Å². The average molecular weight is 315 g/mol. The van der Waals surface area contributed by atoms with Gasteiger partial charge in [-0.3, -0.25) is 4.79 Å². The van der Waals surface area contributed by atoms with Crippen LogP contribution in [0.4, 0.5) is 0 Å². The molecule has 96 valence electrons. The Morgan fingerprint density at radius 2 is 1.75 bits per heavy atom. The zero-order chi connectivity index (χ0) is 12.6. The smallest absolute Gasteiger partial charge is 0.465 e. The minimum Gasteiger partial charge on any atom is -0.465 e. The fourth-order valence-corrected chi connectivity index (χ4v) is 2.95. The molecule has 0 heterocycles. The molecule has 5 nitrogen and oxygen atoms in total. The maximum absolute atomic E-state index is 11.1. The van der Waals surface area contributed by atoms with E-state index in [-0.39, 0.29) is 10.8 Å². The largest absolute Gasteiger partial charge is 0.500 e. The van der Waals surface area contributed by atoms with E-state index in [4.69, 9.17) is 18.0 Å². The van der Waals surface area contributed by atoms with Crippen molar-refractivity contribution in [3.8, 4) is 0 Å². The van der Waals surface area contributed by atoms with Crippen molar-refractivity contribution in [2.24, 2.45) is 0 Å². The van der Waals surface area contributed by atoms with Crippen molar-refractivity contribution in [3.05, 3.63) is 0 Å². The lowest BCUT2D eigenvalue weighted by atomic mass is 10.5. The van der Waals surface area contributed by atoms with Crippen LogP contribution in [0.15, 0.2) is 0 Å². The highest BCUT2D eigenvalue weighted by molar-refractivity contribution is 9.10. The number of carbonyl (C=O) groups excluding carboxylic acids is 1. The summed E-state index contributed by atoms with van der Waals surface area (Å²) in [6.07, 6.45) is 0.660. The fraction of sp³-hybridized carbons (Fsp3) is 0.889. The number of ether oxygens (including phenoxy) is 1. The van der Waals surface area contributed by atoms with E-state index in [2.05, 4.69) is 15.9 Å². The zero-order valence-electron chi connectivity index (χ0n) is 10.1. The van der Waals surface area contributed by atoms with Gasteiger partial charge in [0.15, 0.2) is 0 Å². The molecule has 1 unspecified atom stereocenters. The van der Waals surface area contributed by atoms with Crippen LogP contribution in [-0.4, -0.2) is 47.5 Å². The van der Waals surface area contributed by atoms with E-state index in [9.17, 15) is 4.79 Å². The normalized spacial score (nSPS) is 13.6. The third-order valence-corrected chi connectivity index (χ3v) is 5.34.